The summed E-state index contributed by atoms with van der Waals surface area (Å²) in [6.07, 6.45) is 0. The van der Waals surface area contributed by atoms with Crippen LogP contribution in [0.3, 0.4) is 0 Å². The molecular weight excluding hydrogens is 234 g/mol. The summed E-state index contributed by atoms with van der Waals surface area (Å²) in [4.78, 5) is 22.1. The third-order valence-corrected chi connectivity index (χ3v) is 2.27. The summed E-state index contributed by atoms with van der Waals surface area (Å²) < 4.78 is 26.6. The van der Waals surface area contributed by atoms with E-state index in [9.17, 15) is 23.7 Å². The highest BCUT2D eigenvalue weighted by Gasteiger charge is 2.25. The van der Waals surface area contributed by atoms with Crippen LogP contribution in [-0.2, 0) is 0 Å². The zero-order chi connectivity index (χ0) is 13.2. The highest BCUT2D eigenvalue weighted by atomic mass is 19.1. The minimum atomic E-state index is -1.32. The smallest absolute Gasteiger partial charge is 0.308 e. The summed E-state index contributed by atoms with van der Waals surface area (Å²) in [5.41, 5.74) is -1.68. The van der Waals surface area contributed by atoms with E-state index < -0.39 is 33.7 Å². The molecule has 1 rings (SSSR count). The number of nitrogens with zero attached hydrogens (tertiary/aromatic N) is 2. The third-order valence-electron chi connectivity index (χ3n) is 2.27. The van der Waals surface area contributed by atoms with Gasteiger partial charge in [-0.15, -0.1) is 0 Å². The summed E-state index contributed by atoms with van der Waals surface area (Å²) in [6, 6.07) is 1.09. The number of rotatable bonds is 3. The van der Waals surface area contributed by atoms with E-state index in [0.717, 1.165) is 4.90 Å². The molecule has 0 heterocycles. The van der Waals surface area contributed by atoms with Crippen molar-refractivity contribution in [3.63, 3.8) is 0 Å². The first-order chi connectivity index (χ1) is 7.88. The largest absolute Gasteiger partial charge is 0.342 e. The Kier molecular flexibility index (Phi) is 3.72. The Hall–Kier alpha value is -2.05. The molecule has 0 saturated carbocycles. The highest BCUT2D eigenvalue weighted by molar-refractivity contribution is 5.95. The Labute approximate surface area is 95.8 Å². The summed E-state index contributed by atoms with van der Waals surface area (Å²) in [5, 5.41) is 10.5. The first-order valence-electron chi connectivity index (χ1n) is 4.77. The van der Waals surface area contributed by atoms with E-state index in [1.54, 1.807) is 6.92 Å². The fourth-order valence-corrected chi connectivity index (χ4v) is 1.21. The predicted molar refractivity (Wildman–Crippen MR) is 55.6 cm³/mol. The second-order valence-electron chi connectivity index (χ2n) is 3.36. The van der Waals surface area contributed by atoms with Gasteiger partial charge in [-0.1, -0.05) is 0 Å². The summed E-state index contributed by atoms with van der Waals surface area (Å²) in [6.45, 7) is 1.92. The molecule has 1 amide bonds. The Morgan fingerprint density at radius 2 is 2.06 bits per heavy atom. The average Bonchev–Trinajstić information content (AvgIpc) is 2.29. The van der Waals surface area contributed by atoms with Gasteiger partial charge in [-0.2, -0.15) is 4.39 Å². The highest BCUT2D eigenvalue weighted by Crippen LogP contribution is 2.23. The Balaban J connectivity index is 3.34. The van der Waals surface area contributed by atoms with E-state index in [1.165, 1.54) is 7.05 Å². The number of hydrogen-bond donors (Lipinski definition) is 0. The van der Waals surface area contributed by atoms with Crippen molar-refractivity contribution in [1.82, 2.24) is 4.90 Å². The zero-order valence-corrected chi connectivity index (χ0v) is 9.24. The molecule has 0 N–H and O–H groups in total. The van der Waals surface area contributed by atoms with Crippen LogP contribution < -0.4 is 0 Å². The normalized spacial score (nSPS) is 10.1. The summed E-state index contributed by atoms with van der Waals surface area (Å²) in [5.74, 6) is -3.14. The molecular formula is C10H10F2N2O3. The van der Waals surface area contributed by atoms with Crippen LogP contribution >= 0.6 is 0 Å². The first kappa shape index (κ1) is 13.0. The number of nitro benzene ring substituents is 1. The van der Waals surface area contributed by atoms with Gasteiger partial charge in [-0.05, 0) is 13.0 Å². The molecule has 0 radical (unpaired) electrons. The van der Waals surface area contributed by atoms with E-state index >= 15 is 0 Å². The van der Waals surface area contributed by atoms with Crippen molar-refractivity contribution in [2.75, 3.05) is 13.6 Å². The molecule has 7 heteroatoms. The van der Waals surface area contributed by atoms with Crippen LogP contribution in [0.4, 0.5) is 14.5 Å². The van der Waals surface area contributed by atoms with Crippen molar-refractivity contribution >= 4 is 11.6 Å². The molecule has 1 aromatic carbocycles. The number of halogens is 2. The lowest BCUT2D eigenvalue weighted by Crippen LogP contribution is -2.27. The van der Waals surface area contributed by atoms with E-state index in [-0.39, 0.29) is 6.54 Å². The Morgan fingerprint density at radius 1 is 1.47 bits per heavy atom. The van der Waals surface area contributed by atoms with Crippen LogP contribution in [0.5, 0.6) is 0 Å². The Morgan fingerprint density at radius 3 is 2.53 bits per heavy atom. The minimum absolute atomic E-state index is 0.280. The molecule has 0 fully saturated rings. The van der Waals surface area contributed by atoms with Crippen LogP contribution in [0.15, 0.2) is 12.1 Å². The number of amides is 1. The van der Waals surface area contributed by atoms with Gasteiger partial charge >= 0.3 is 5.69 Å². The van der Waals surface area contributed by atoms with Crippen molar-refractivity contribution in [2.24, 2.45) is 0 Å². The van der Waals surface area contributed by atoms with Crippen molar-refractivity contribution in [2.45, 2.75) is 6.92 Å². The molecule has 0 aliphatic heterocycles. The van der Waals surface area contributed by atoms with Crippen molar-refractivity contribution < 1.29 is 18.5 Å². The quantitative estimate of drug-likeness (QED) is 0.603. The van der Waals surface area contributed by atoms with Crippen molar-refractivity contribution in [3.05, 3.63) is 39.4 Å². The monoisotopic (exact) mass is 244 g/mol. The number of carbonyl (C=O) groups is 1. The second kappa shape index (κ2) is 4.86. The van der Waals surface area contributed by atoms with Crippen LogP contribution in [0.2, 0.25) is 0 Å². The average molecular weight is 244 g/mol. The van der Waals surface area contributed by atoms with Crippen LogP contribution in [0, 0.1) is 21.7 Å². The van der Waals surface area contributed by atoms with Gasteiger partial charge in [0.25, 0.3) is 5.91 Å². The Bertz CT molecular complexity index is 477. The SMILES string of the molecule is CCN(C)C(=O)c1cc(F)cc([N+](=O)[O-])c1F. The molecule has 0 saturated heterocycles. The van der Waals surface area contributed by atoms with Gasteiger partial charge in [0, 0.05) is 13.6 Å². The molecule has 0 bridgehead atoms. The standard InChI is InChI=1S/C10H10F2N2O3/c1-3-13(2)10(15)7-4-6(11)5-8(9(7)12)14(16)17/h4-5H,3H2,1-2H3. The lowest BCUT2D eigenvalue weighted by Gasteiger charge is -2.14. The van der Waals surface area contributed by atoms with Gasteiger partial charge in [-0.25, -0.2) is 4.39 Å². The molecule has 0 atom stereocenters. The number of nitro groups is 1. The lowest BCUT2D eigenvalue weighted by molar-refractivity contribution is -0.387. The topological polar surface area (TPSA) is 63.5 Å². The van der Waals surface area contributed by atoms with Gasteiger partial charge < -0.3 is 4.90 Å². The fourth-order valence-electron chi connectivity index (χ4n) is 1.21. The zero-order valence-electron chi connectivity index (χ0n) is 9.24. The maximum atomic E-state index is 13.6. The minimum Gasteiger partial charge on any atom is -0.342 e. The van der Waals surface area contributed by atoms with E-state index in [2.05, 4.69) is 0 Å². The molecule has 0 spiro atoms. The van der Waals surface area contributed by atoms with Gasteiger partial charge in [0.2, 0.25) is 5.82 Å². The number of carbonyl (C=O) groups excluding carboxylic acids is 1. The van der Waals surface area contributed by atoms with Gasteiger partial charge in [0.1, 0.15) is 5.82 Å². The van der Waals surface area contributed by atoms with Crippen LogP contribution in [0.1, 0.15) is 17.3 Å². The summed E-state index contributed by atoms with van der Waals surface area (Å²) >= 11 is 0. The van der Waals surface area contributed by atoms with Gasteiger partial charge in [0.15, 0.2) is 0 Å². The van der Waals surface area contributed by atoms with Crippen molar-refractivity contribution in [3.8, 4) is 0 Å². The van der Waals surface area contributed by atoms with Crippen LogP contribution in [-0.4, -0.2) is 29.3 Å². The van der Waals surface area contributed by atoms with Crippen molar-refractivity contribution in [1.29, 1.82) is 0 Å². The lowest BCUT2D eigenvalue weighted by atomic mass is 10.1. The maximum Gasteiger partial charge on any atom is 0.308 e. The summed E-state index contributed by atoms with van der Waals surface area (Å²) in [7, 11) is 1.39. The molecule has 0 aromatic heterocycles. The molecule has 0 unspecified atom stereocenters. The fraction of sp³-hybridized carbons (Fsp3) is 0.300. The molecule has 5 nitrogen and oxygen atoms in total. The third kappa shape index (κ3) is 2.55. The second-order valence-corrected chi connectivity index (χ2v) is 3.36. The predicted octanol–water partition coefficient (Wildman–Crippen LogP) is 1.96. The first-order valence-corrected chi connectivity index (χ1v) is 4.77. The van der Waals surface area contributed by atoms with E-state index in [4.69, 9.17) is 0 Å². The van der Waals surface area contributed by atoms with Gasteiger partial charge in [-0.3, -0.25) is 14.9 Å². The maximum absolute atomic E-state index is 13.6. The molecule has 0 aliphatic carbocycles. The molecule has 0 aliphatic rings. The molecule has 1 aromatic rings. The number of hydrogen-bond acceptors (Lipinski definition) is 3. The van der Waals surface area contributed by atoms with E-state index in [0.29, 0.717) is 12.1 Å². The van der Waals surface area contributed by atoms with Gasteiger partial charge in [0.05, 0.1) is 16.6 Å². The van der Waals surface area contributed by atoms with Crippen LogP contribution in [0.25, 0.3) is 0 Å². The number of benzene rings is 1. The molecule has 92 valence electrons. The molecule has 17 heavy (non-hydrogen) atoms. The van der Waals surface area contributed by atoms with E-state index in [1.807, 2.05) is 0 Å².